The number of nitriles is 1. The lowest BCUT2D eigenvalue weighted by molar-refractivity contribution is 0.882. The summed E-state index contributed by atoms with van der Waals surface area (Å²) in [6.45, 7) is 4.10. The molecule has 1 N–H and O–H groups in total. The Hall–Kier alpha value is -1.98. The van der Waals surface area contributed by atoms with Gasteiger partial charge in [-0.3, -0.25) is 0 Å². The van der Waals surface area contributed by atoms with Gasteiger partial charge in [0.15, 0.2) is 0 Å². The summed E-state index contributed by atoms with van der Waals surface area (Å²) in [5.41, 5.74) is 3.88. The van der Waals surface area contributed by atoms with E-state index >= 15 is 0 Å². The molecule has 3 heteroatoms. The molecule has 2 rings (SSSR count). The van der Waals surface area contributed by atoms with Crippen molar-refractivity contribution in [3.63, 3.8) is 0 Å². The Morgan fingerprint density at radius 3 is 2.68 bits per heavy atom. The fourth-order valence-electron chi connectivity index (χ4n) is 1.94. The van der Waals surface area contributed by atoms with Crippen LogP contribution in [-0.2, 0) is 0 Å². The van der Waals surface area contributed by atoms with Crippen LogP contribution in [0.3, 0.4) is 0 Å². The van der Waals surface area contributed by atoms with Crippen LogP contribution in [0, 0.1) is 18.3 Å². The van der Waals surface area contributed by atoms with Crippen molar-refractivity contribution in [2.24, 2.45) is 0 Å². The Balaban J connectivity index is 2.24. The Morgan fingerprint density at radius 1 is 1.21 bits per heavy atom. The summed E-state index contributed by atoms with van der Waals surface area (Å²) in [6, 6.07) is 15.7. The van der Waals surface area contributed by atoms with E-state index in [1.54, 1.807) is 0 Å². The highest BCUT2D eigenvalue weighted by atomic mass is 35.5. The SMILES string of the molecule is Cc1ccc(C#N)cc1NC(C)c1cccc(Cl)c1. The van der Waals surface area contributed by atoms with Crippen molar-refractivity contribution in [2.75, 3.05) is 5.32 Å². The van der Waals surface area contributed by atoms with Crippen LogP contribution in [0.25, 0.3) is 0 Å². The third-order valence-corrected chi connectivity index (χ3v) is 3.32. The van der Waals surface area contributed by atoms with Gasteiger partial charge in [0.1, 0.15) is 0 Å². The first-order valence-corrected chi connectivity index (χ1v) is 6.50. The zero-order valence-corrected chi connectivity index (χ0v) is 11.7. The number of aryl methyl sites for hydroxylation is 1. The average Bonchev–Trinajstić information content (AvgIpc) is 2.41. The van der Waals surface area contributed by atoms with Gasteiger partial charge in [-0.25, -0.2) is 0 Å². The Bertz CT molecular complexity index is 629. The summed E-state index contributed by atoms with van der Waals surface area (Å²) in [4.78, 5) is 0. The van der Waals surface area contributed by atoms with Crippen LogP contribution in [0.4, 0.5) is 5.69 Å². The molecule has 0 aliphatic carbocycles. The molecule has 0 aliphatic heterocycles. The Labute approximate surface area is 118 Å². The van der Waals surface area contributed by atoms with Gasteiger partial charge in [0.25, 0.3) is 0 Å². The van der Waals surface area contributed by atoms with Crippen LogP contribution in [-0.4, -0.2) is 0 Å². The van der Waals surface area contributed by atoms with Gasteiger partial charge >= 0.3 is 0 Å². The second kappa shape index (κ2) is 5.77. The number of nitrogens with zero attached hydrogens (tertiary/aromatic N) is 1. The first-order valence-electron chi connectivity index (χ1n) is 6.13. The van der Waals surface area contributed by atoms with Gasteiger partial charge in [-0.2, -0.15) is 5.26 Å². The van der Waals surface area contributed by atoms with Crippen molar-refractivity contribution >= 4 is 17.3 Å². The van der Waals surface area contributed by atoms with E-state index in [9.17, 15) is 0 Å². The first-order chi connectivity index (χ1) is 9.10. The molecule has 0 fully saturated rings. The van der Waals surface area contributed by atoms with Crippen molar-refractivity contribution in [3.8, 4) is 6.07 Å². The van der Waals surface area contributed by atoms with Gasteiger partial charge in [0, 0.05) is 16.8 Å². The maximum atomic E-state index is 8.95. The number of anilines is 1. The van der Waals surface area contributed by atoms with E-state index in [1.807, 2.05) is 49.4 Å². The number of hydrogen-bond acceptors (Lipinski definition) is 2. The van der Waals surface area contributed by atoms with Crippen molar-refractivity contribution in [1.29, 1.82) is 5.26 Å². The zero-order chi connectivity index (χ0) is 13.8. The second-order valence-electron chi connectivity index (χ2n) is 4.56. The minimum absolute atomic E-state index is 0.131. The third-order valence-electron chi connectivity index (χ3n) is 3.09. The Morgan fingerprint density at radius 2 is 2.00 bits per heavy atom. The molecule has 0 radical (unpaired) electrons. The van der Waals surface area contributed by atoms with Crippen LogP contribution in [0.1, 0.15) is 29.7 Å². The molecule has 0 spiro atoms. The quantitative estimate of drug-likeness (QED) is 0.878. The van der Waals surface area contributed by atoms with Crippen molar-refractivity contribution in [1.82, 2.24) is 0 Å². The molecule has 19 heavy (non-hydrogen) atoms. The van der Waals surface area contributed by atoms with Crippen molar-refractivity contribution in [3.05, 3.63) is 64.2 Å². The van der Waals surface area contributed by atoms with Crippen LogP contribution in [0.15, 0.2) is 42.5 Å². The largest absolute Gasteiger partial charge is 0.378 e. The topological polar surface area (TPSA) is 35.8 Å². The van der Waals surface area contributed by atoms with Crippen LogP contribution < -0.4 is 5.32 Å². The highest BCUT2D eigenvalue weighted by Crippen LogP contribution is 2.24. The standard InChI is InChI=1S/C16H15ClN2/c1-11-6-7-13(10-18)8-16(11)19-12(2)14-4-3-5-15(17)9-14/h3-9,12,19H,1-2H3. The molecular weight excluding hydrogens is 256 g/mol. The lowest BCUT2D eigenvalue weighted by Crippen LogP contribution is -2.07. The molecule has 96 valence electrons. The molecule has 0 aliphatic rings. The monoisotopic (exact) mass is 270 g/mol. The van der Waals surface area contributed by atoms with E-state index in [0.29, 0.717) is 5.56 Å². The van der Waals surface area contributed by atoms with Crippen LogP contribution in [0.2, 0.25) is 5.02 Å². The van der Waals surface area contributed by atoms with E-state index in [-0.39, 0.29) is 6.04 Å². The third kappa shape index (κ3) is 3.27. The average molecular weight is 271 g/mol. The Kier molecular flexibility index (Phi) is 4.09. The molecule has 2 aromatic rings. The van der Waals surface area contributed by atoms with Gasteiger partial charge < -0.3 is 5.32 Å². The summed E-state index contributed by atoms with van der Waals surface area (Å²) >= 11 is 6.00. The lowest BCUT2D eigenvalue weighted by Gasteiger charge is -2.18. The van der Waals surface area contributed by atoms with E-state index in [0.717, 1.165) is 21.8 Å². The summed E-state index contributed by atoms with van der Waals surface area (Å²) in [7, 11) is 0. The number of rotatable bonds is 3. The molecule has 0 aromatic heterocycles. The summed E-state index contributed by atoms with van der Waals surface area (Å²) in [6.07, 6.45) is 0. The molecule has 0 saturated heterocycles. The van der Waals surface area contributed by atoms with Crippen molar-refractivity contribution in [2.45, 2.75) is 19.9 Å². The minimum atomic E-state index is 0.131. The predicted molar refractivity (Wildman–Crippen MR) is 79.4 cm³/mol. The maximum Gasteiger partial charge on any atom is 0.0992 e. The van der Waals surface area contributed by atoms with Gasteiger partial charge in [-0.1, -0.05) is 29.8 Å². The summed E-state index contributed by atoms with van der Waals surface area (Å²) in [5.74, 6) is 0. The molecule has 1 unspecified atom stereocenters. The molecular formula is C16H15ClN2. The number of halogens is 1. The molecule has 0 saturated carbocycles. The van der Waals surface area contributed by atoms with Gasteiger partial charge in [0.05, 0.1) is 11.6 Å². The number of nitrogens with one attached hydrogen (secondary N) is 1. The van der Waals surface area contributed by atoms with Crippen molar-refractivity contribution < 1.29 is 0 Å². The second-order valence-corrected chi connectivity index (χ2v) is 5.00. The van der Waals surface area contributed by atoms with Gasteiger partial charge in [0.2, 0.25) is 0 Å². The summed E-state index contributed by atoms with van der Waals surface area (Å²) in [5, 5.41) is 13.1. The molecule has 1 atom stereocenters. The predicted octanol–water partition coefficient (Wildman–Crippen LogP) is 4.69. The van der Waals surface area contributed by atoms with E-state index in [4.69, 9.17) is 16.9 Å². The van der Waals surface area contributed by atoms with Gasteiger partial charge in [-0.15, -0.1) is 0 Å². The van der Waals surface area contributed by atoms with E-state index in [2.05, 4.69) is 18.3 Å². The highest BCUT2D eigenvalue weighted by Gasteiger charge is 2.08. The van der Waals surface area contributed by atoms with Gasteiger partial charge in [-0.05, 0) is 49.2 Å². The van der Waals surface area contributed by atoms with E-state index in [1.165, 1.54) is 0 Å². The first kappa shape index (κ1) is 13.5. The lowest BCUT2D eigenvalue weighted by atomic mass is 10.1. The smallest absolute Gasteiger partial charge is 0.0992 e. The molecule has 0 bridgehead atoms. The number of hydrogen-bond donors (Lipinski definition) is 1. The molecule has 2 nitrogen and oxygen atoms in total. The minimum Gasteiger partial charge on any atom is -0.378 e. The molecule has 0 heterocycles. The van der Waals surface area contributed by atoms with Crippen LogP contribution in [0.5, 0.6) is 0 Å². The number of benzene rings is 2. The highest BCUT2D eigenvalue weighted by molar-refractivity contribution is 6.30. The normalized spacial score (nSPS) is 11.7. The van der Waals surface area contributed by atoms with Crippen LogP contribution >= 0.6 is 11.6 Å². The molecule has 2 aromatic carbocycles. The zero-order valence-electron chi connectivity index (χ0n) is 10.9. The molecule has 0 amide bonds. The fraction of sp³-hybridized carbons (Fsp3) is 0.188. The fourth-order valence-corrected chi connectivity index (χ4v) is 2.14. The maximum absolute atomic E-state index is 8.95. The summed E-state index contributed by atoms with van der Waals surface area (Å²) < 4.78 is 0. The van der Waals surface area contributed by atoms with E-state index < -0.39 is 0 Å².